The van der Waals surface area contributed by atoms with Gasteiger partial charge in [-0.25, -0.2) is 0 Å². The Bertz CT molecular complexity index is 700. The second-order valence-corrected chi connectivity index (χ2v) is 31.4. The van der Waals surface area contributed by atoms with Crippen LogP contribution in [-0.2, 0) is 0 Å². The molecule has 0 aliphatic rings. The molecule has 0 atom stereocenters. The maximum atomic E-state index is 12.2. The molecule has 0 spiro atoms. The van der Waals surface area contributed by atoms with Crippen LogP contribution >= 0.6 is 0 Å². The first kappa shape index (κ1) is 16.9. The molecule has 0 radical (unpaired) electrons. The zero-order chi connectivity index (χ0) is 15.0. The van der Waals surface area contributed by atoms with Crippen molar-refractivity contribution in [2.45, 2.75) is 0 Å². The summed E-state index contributed by atoms with van der Waals surface area (Å²) >= 11 is 0.0106. The Kier molecular flexibility index (Phi) is 5.73. The summed E-state index contributed by atoms with van der Waals surface area (Å²) in [6.07, 6.45) is 0. The average Bonchev–Trinajstić information content (AvgIpc) is 2.77. The molecule has 20 heavy (non-hydrogen) atoms. The van der Waals surface area contributed by atoms with Crippen molar-refractivity contribution in [1.82, 2.24) is 18.7 Å². The number of rotatable bonds is 2. The molecule has 2 aromatic heterocycles. The topological polar surface area (TPSA) is 104 Å². The second kappa shape index (κ2) is 6.77. The minimum absolute atomic E-state index is 0.0353. The molecule has 2 rings (SSSR count). The standard InChI is InChI=1S/C9H8N6O3.Ra.Rb.H/c1-14(2)7(17)5-3-4(6(10)16)11-8-12-13-9(18)15(5)8;;;/h3H,1-2H3,(H,13,18);;;. The molecule has 0 saturated heterocycles. The van der Waals surface area contributed by atoms with Gasteiger partial charge < -0.3 is 0 Å². The molecule has 9 nitrogen and oxygen atoms in total. The number of carbonyl (C=O) groups excluding carboxylic acids is 2. The third kappa shape index (κ3) is 3.31. The predicted molar refractivity (Wildman–Crippen MR) is 63.8 cm³/mol. The maximum absolute atomic E-state index is 12.2. The summed E-state index contributed by atoms with van der Waals surface area (Å²) in [6, 6.07) is 0.947. The summed E-state index contributed by atoms with van der Waals surface area (Å²) in [5, 5.41) is 16.8. The van der Waals surface area contributed by atoms with E-state index in [1.54, 1.807) is 8.27 Å². The van der Waals surface area contributed by atoms with E-state index in [9.17, 15) is 14.7 Å². The normalized spacial score (nSPS) is 10.6. The van der Waals surface area contributed by atoms with E-state index in [1.165, 1.54) is 11.0 Å². The van der Waals surface area contributed by atoms with Gasteiger partial charge in [-0.3, -0.25) is 0 Å². The van der Waals surface area contributed by atoms with Gasteiger partial charge in [-0.2, -0.15) is 0 Å². The summed E-state index contributed by atoms with van der Waals surface area (Å²) in [7, 11) is 3.16. The first-order chi connectivity index (χ1) is 9.32. The Hall–Kier alpha value is 0.563. The molecule has 0 aliphatic heterocycles. The van der Waals surface area contributed by atoms with Crippen molar-refractivity contribution in [1.29, 1.82) is 0 Å². The summed E-state index contributed by atoms with van der Waals surface area (Å²) in [4.78, 5) is 29.6. The molecule has 0 unspecified atom stereocenters. The van der Waals surface area contributed by atoms with Crippen LogP contribution < -0.4 is 0 Å². The Labute approximate surface area is 184 Å². The Balaban J connectivity index is 2.72. The SMILES string of the molecule is CN(C)C(=O)c1cc(C(=O)[N]([Rb])[RaH])nc2nnc(O)n12. The molecule has 2 amide bonds. The van der Waals surface area contributed by atoms with Gasteiger partial charge in [0.25, 0.3) is 0 Å². The first-order valence-corrected chi connectivity index (χ1v) is 11.6. The van der Waals surface area contributed by atoms with Crippen molar-refractivity contribution in [3.05, 3.63) is 17.5 Å². The van der Waals surface area contributed by atoms with Gasteiger partial charge in [-0.05, 0) is 0 Å². The molecule has 11 heteroatoms. The van der Waals surface area contributed by atoms with Gasteiger partial charge in [0.15, 0.2) is 0 Å². The molecule has 2 aromatic rings. The number of carbonyl (C=O) groups is 2. The molecule has 96 valence electrons. The fourth-order valence-electron chi connectivity index (χ4n) is 1.62. The number of hydrogen-bond acceptors (Lipinski definition) is 6. The molecule has 1 N–H and O–H groups in total. The second-order valence-electron chi connectivity index (χ2n) is 4.56. The summed E-state index contributed by atoms with van der Waals surface area (Å²) in [5.41, 5.74) is 0.277. The van der Waals surface area contributed by atoms with Crippen molar-refractivity contribution in [2.24, 2.45) is 0 Å². The van der Waals surface area contributed by atoms with Gasteiger partial charge in [-0.1, -0.05) is 0 Å². The van der Waals surface area contributed by atoms with E-state index < -0.39 is 6.01 Å². The number of nitrogens with zero attached hydrogens (tertiary/aromatic N) is 6. The van der Waals surface area contributed by atoms with Crippen molar-refractivity contribution in [3.8, 4) is 6.01 Å². The van der Waals surface area contributed by atoms with Crippen molar-refractivity contribution < 1.29 is 57.9 Å². The molecular formula is C9H9N6O3RaRb. The van der Waals surface area contributed by atoms with Crippen LogP contribution in [0.25, 0.3) is 5.78 Å². The van der Waals surface area contributed by atoms with Crippen molar-refractivity contribution in [2.75, 3.05) is 14.1 Å². The molecule has 2 heterocycles. The van der Waals surface area contributed by atoms with Crippen LogP contribution in [0.5, 0.6) is 6.01 Å². The van der Waals surface area contributed by atoms with Crippen LogP contribution in [-0.4, -0.2) is 106 Å². The van der Waals surface area contributed by atoms with Crippen molar-refractivity contribution in [3.63, 3.8) is 0 Å². The van der Waals surface area contributed by atoms with Gasteiger partial charge >= 0.3 is 188 Å². The number of hydrogen-bond donors (Lipinski definition) is 1. The zero-order valence-electron chi connectivity index (χ0n) is 11.5. The van der Waals surface area contributed by atoms with E-state index >= 15 is 0 Å². The van der Waals surface area contributed by atoms with E-state index in [0.29, 0.717) is 0 Å². The number of aromatic hydroxyl groups is 1. The van der Waals surface area contributed by atoms with Gasteiger partial charge in [0.1, 0.15) is 0 Å². The molecule has 0 bridgehead atoms. The predicted octanol–water partition coefficient (Wildman–Crippen LogP) is -1.75. The third-order valence-corrected chi connectivity index (χ3v) is 5.28. The summed E-state index contributed by atoms with van der Waals surface area (Å²) < 4.78 is 2.90. The van der Waals surface area contributed by atoms with Crippen LogP contribution in [0.2, 0.25) is 0 Å². The first-order valence-electron chi connectivity index (χ1n) is 5.71. The van der Waals surface area contributed by atoms with Crippen molar-refractivity contribution >= 4 is 73.6 Å². The van der Waals surface area contributed by atoms with Crippen LogP contribution in [0.1, 0.15) is 21.0 Å². The van der Waals surface area contributed by atoms with E-state index in [-0.39, 0.29) is 128 Å². The Morgan fingerprint density at radius 3 is 2.55 bits per heavy atom. The Morgan fingerprint density at radius 2 is 2.00 bits per heavy atom. The van der Waals surface area contributed by atoms with E-state index in [0.717, 1.165) is 4.40 Å². The van der Waals surface area contributed by atoms with Gasteiger partial charge in [0.05, 0.1) is 0 Å². The minimum atomic E-state index is -0.429. The van der Waals surface area contributed by atoms with E-state index in [4.69, 9.17) is 0 Å². The number of amides is 2. The molecule has 0 fully saturated rings. The Morgan fingerprint density at radius 1 is 1.35 bits per heavy atom. The van der Waals surface area contributed by atoms with Crippen LogP contribution in [0.15, 0.2) is 6.07 Å². The number of aromatic nitrogens is 4. The van der Waals surface area contributed by atoms with Crippen LogP contribution in [0.4, 0.5) is 0 Å². The summed E-state index contributed by atoms with van der Waals surface area (Å²) in [5.74, 6) is -0.508. The average molecular weight is 561 g/mol. The van der Waals surface area contributed by atoms with E-state index in [2.05, 4.69) is 15.2 Å². The molecular weight excluding hydrogens is 552 g/mol. The summed E-state index contributed by atoms with van der Waals surface area (Å²) in [6.45, 7) is 0. The van der Waals surface area contributed by atoms with Crippen LogP contribution in [0.3, 0.4) is 0 Å². The molecule has 0 saturated carbocycles. The fourth-order valence-corrected chi connectivity index (χ4v) is 3.12. The molecule has 0 aliphatic carbocycles. The monoisotopic (exact) mass is 560 g/mol. The third-order valence-electron chi connectivity index (χ3n) is 2.61. The quantitative estimate of drug-likeness (QED) is 0.468. The van der Waals surface area contributed by atoms with Crippen LogP contribution in [0, 0.1) is 43.2 Å². The van der Waals surface area contributed by atoms with Gasteiger partial charge in [0, 0.05) is 0 Å². The fraction of sp³-hybridized carbons (Fsp3) is 0.222. The molecule has 0 aromatic carbocycles. The van der Waals surface area contributed by atoms with E-state index in [1.807, 2.05) is 0 Å². The van der Waals surface area contributed by atoms with Gasteiger partial charge in [-0.15, -0.1) is 0 Å². The number of fused-ring (bicyclic) bond motifs is 1. The zero-order valence-corrected chi connectivity index (χ0v) is 24.7. The van der Waals surface area contributed by atoms with Gasteiger partial charge in [0.2, 0.25) is 0 Å².